The molecule has 2 heterocycles. The summed E-state index contributed by atoms with van der Waals surface area (Å²) >= 11 is 1.53. The van der Waals surface area contributed by atoms with E-state index in [1.165, 1.54) is 11.9 Å². The van der Waals surface area contributed by atoms with E-state index in [0.29, 0.717) is 23.7 Å². The Bertz CT molecular complexity index is 1530. The molecule has 0 aliphatic rings. The van der Waals surface area contributed by atoms with Crippen LogP contribution in [0.25, 0.3) is 22.3 Å². The van der Waals surface area contributed by atoms with E-state index in [1.54, 1.807) is 33.7 Å². The number of hydrogen-bond donors (Lipinski definition) is 1. The van der Waals surface area contributed by atoms with Crippen molar-refractivity contribution < 1.29 is 14.2 Å². The maximum atomic E-state index is 5.75. The van der Waals surface area contributed by atoms with Crippen LogP contribution in [-0.4, -0.2) is 36.3 Å². The van der Waals surface area contributed by atoms with E-state index >= 15 is 0 Å². The fraction of sp³-hybridized carbons (Fsp3) is 0.138. The first-order valence-electron chi connectivity index (χ1n) is 11.7. The number of aromatic nitrogens is 3. The lowest BCUT2D eigenvalue weighted by Crippen LogP contribution is -1.98. The van der Waals surface area contributed by atoms with Crippen LogP contribution in [-0.2, 0) is 6.42 Å². The number of methoxy groups -OCH3 is 3. The molecule has 0 saturated heterocycles. The molecule has 0 atom stereocenters. The molecule has 0 fully saturated rings. The largest absolute Gasteiger partial charge is 0.496 e. The molecule has 3 aromatic carbocycles. The number of hydrogen-bond acceptors (Lipinski definition) is 8. The summed E-state index contributed by atoms with van der Waals surface area (Å²) in [7, 11) is 4.95. The Morgan fingerprint density at radius 2 is 1.49 bits per heavy atom. The molecule has 0 bridgehead atoms. The van der Waals surface area contributed by atoms with Gasteiger partial charge in [-0.05, 0) is 59.5 Å². The third-order valence-corrected chi connectivity index (χ3v) is 6.78. The Labute approximate surface area is 220 Å². The van der Waals surface area contributed by atoms with Gasteiger partial charge in [0.25, 0.3) is 0 Å². The number of pyridine rings is 1. The molecule has 0 unspecified atom stereocenters. The molecule has 7 nitrogen and oxygen atoms in total. The molecule has 5 rings (SSSR count). The molecule has 2 aromatic heterocycles. The van der Waals surface area contributed by atoms with Gasteiger partial charge in [-0.15, -0.1) is 0 Å². The standard InChI is InChI=1S/C29H26N4O3S/c1-34-26-16-22(33-37-23-7-4-6-21(15-23)29-31-11-5-12-32-29)9-8-20(26)14-19-10-13-30-25-18-28(36-3)27(35-2)17-24(19)25/h4-13,15-18,33H,14H2,1-3H3. The van der Waals surface area contributed by atoms with E-state index in [-0.39, 0.29) is 0 Å². The van der Waals surface area contributed by atoms with Crippen LogP contribution >= 0.6 is 11.9 Å². The fourth-order valence-electron chi connectivity index (χ4n) is 4.11. The molecule has 1 N–H and O–H groups in total. The van der Waals surface area contributed by atoms with E-state index in [1.807, 2.05) is 54.7 Å². The molecular weight excluding hydrogens is 484 g/mol. The Morgan fingerprint density at radius 1 is 0.703 bits per heavy atom. The van der Waals surface area contributed by atoms with Gasteiger partial charge in [0.2, 0.25) is 0 Å². The van der Waals surface area contributed by atoms with Crippen molar-refractivity contribution in [2.75, 3.05) is 26.1 Å². The minimum atomic E-state index is 0.659. The first kappa shape index (κ1) is 24.4. The summed E-state index contributed by atoms with van der Waals surface area (Å²) < 4.78 is 20.1. The third-order valence-electron chi connectivity index (χ3n) is 5.95. The Kier molecular flexibility index (Phi) is 7.37. The predicted octanol–water partition coefficient (Wildman–Crippen LogP) is 6.43. The van der Waals surface area contributed by atoms with Crippen LogP contribution in [0.4, 0.5) is 5.69 Å². The lowest BCUT2D eigenvalue weighted by molar-refractivity contribution is 0.356. The average Bonchev–Trinajstić information content (AvgIpc) is 2.96. The van der Waals surface area contributed by atoms with E-state index < -0.39 is 0 Å². The zero-order valence-corrected chi connectivity index (χ0v) is 21.6. The van der Waals surface area contributed by atoms with E-state index in [4.69, 9.17) is 14.2 Å². The molecule has 0 spiro atoms. The SMILES string of the molecule is COc1cc(NSc2cccc(-c3ncccn3)c2)ccc1Cc1ccnc2cc(OC)c(OC)cc12. The highest BCUT2D eigenvalue weighted by Gasteiger charge is 2.13. The molecule has 0 aliphatic carbocycles. The number of ether oxygens (including phenoxy) is 3. The highest BCUT2D eigenvalue weighted by molar-refractivity contribution is 8.00. The number of rotatable bonds is 9. The van der Waals surface area contributed by atoms with E-state index in [9.17, 15) is 0 Å². The summed E-state index contributed by atoms with van der Waals surface area (Å²) in [6, 6.07) is 22.0. The molecule has 0 aliphatic heterocycles. The lowest BCUT2D eigenvalue weighted by atomic mass is 10.00. The van der Waals surface area contributed by atoms with Gasteiger partial charge in [0, 0.05) is 58.7 Å². The van der Waals surface area contributed by atoms with Crippen molar-refractivity contribution in [3.05, 3.63) is 96.4 Å². The number of anilines is 1. The van der Waals surface area contributed by atoms with Crippen molar-refractivity contribution in [1.29, 1.82) is 0 Å². The second-order valence-corrected chi connectivity index (χ2v) is 9.08. The monoisotopic (exact) mass is 510 g/mol. The lowest BCUT2D eigenvalue weighted by Gasteiger charge is -2.14. The van der Waals surface area contributed by atoms with E-state index in [2.05, 4.69) is 37.9 Å². The molecular formula is C29H26N4O3S. The van der Waals surface area contributed by atoms with Gasteiger partial charge in [-0.3, -0.25) is 4.98 Å². The molecule has 186 valence electrons. The topological polar surface area (TPSA) is 78.4 Å². The van der Waals surface area contributed by atoms with Crippen molar-refractivity contribution >= 4 is 28.5 Å². The smallest absolute Gasteiger partial charge is 0.162 e. The summed E-state index contributed by atoms with van der Waals surface area (Å²) in [5, 5.41) is 1.02. The van der Waals surface area contributed by atoms with Gasteiger partial charge < -0.3 is 18.9 Å². The summed E-state index contributed by atoms with van der Waals surface area (Å²) in [5.41, 5.74) is 4.96. The van der Waals surface area contributed by atoms with Gasteiger partial charge in [-0.2, -0.15) is 0 Å². The van der Waals surface area contributed by atoms with Gasteiger partial charge in [0.15, 0.2) is 17.3 Å². The molecule has 0 radical (unpaired) electrons. The third kappa shape index (κ3) is 5.44. The van der Waals surface area contributed by atoms with Gasteiger partial charge in [0.05, 0.1) is 26.8 Å². The van der Waals surface area contributed by atoms with E-state index in [0.717, 1.165) is 43.9 Å². The maximum absolute atomic E-state index is 5.75. The second kappa shape index (κ2) is 11.2. The molecule has 8 heteroatoms. The average molecular weight is 511 g/mol. The normalized spacial score (nSPS) is 10.8. The Morgan fingerprint density at radius 3 is 2.27 bits per heavy atom. The first-order chi connectivity index (χ1) is 18.2. The Balaban J connectivity index is 1.35. The minimum Gasteiger partial charge on any atom is -0.496 e. The van der Waals surface area contributed by atoms with Gasteiger partial charge in [-0.25, -0.2) is 9.97 Å². The van der Waals surface area contributed by atoms with Crippen molar-refractivity contribution in [1.82, 2.24) is 15.0 Å². The molecule has 5 aromatic rings. The summed E-state index contributed by atoms with van der Waals surface area (Å²) in [5.74, 6) is 2.85. The minimum absolute atomic E-state index is 0.659. The van der Waals surface area contributed by atoms with Crippen LogP contribution in [0.3, 0.4) is 0 Å². The van der Waals surface area contributed by atoms with Crippen LogP contribution in [0, 0.1) is 0 Å². The zero-order valence-electron chi connectivity index (χ0n) is 20.8. The van der Waals surface area contributed by atoms with Gasteiger partial charge in [0.1, 0.15) is 5.75 Å². The Hall–Kier alpha value is -4.30. The van der Waals surface area contributed by atoms with Crippen molar-refractivity contribution in [3.8, 4) is 28.6 Å². The van der Waals surface area contributed by atoms with Crippen molar-refractivity contribution in [2.24, 2.45) is 0 Å². The number of fused-ring (bicyclic) bond motifs is 1. The second-order valence-electron chi connectivity index (χ2n) is 8.20. The maximum Gasteiger partial charge on any atom is 0.162 e. The highest BCUT2D eigenvalue weighted by atomic mass is 32.2. The summed E-state index contributed by atoms with van der Waals surface area (Å²) in [4.78, 5) is 14.2. The molecule has 0 amide bonds. The number of nitrogens with one attached hydrogen (secondary N) is 1. The van der Waals surface area contributed by atoms with Crippen LogP contribution in [0.2, 0.25) is 0 Å². The number of benzene rings is 3. The van der Waals surface area contributed by atoms with Gasteiger partial charge in [-0.1, -0.05) is 18.2 Å². The predicted molar refractivity (Wildman–Crippen MR) is 148 cm³/mol. The molecule has 37 heavy (non-hydrogen) atoms. The molecule has 0 saturated carbocycles. The summed E-state index contributed by atoms with van der Waals surface area (Å²) in [6.45, 7) is 0. The quantitative estimate of drug-likeness (QED) is 0.227. The van der Waals surface area contributed by atoms with Crippen molar-refractivity contribution in [3.63, 3.8) is 0 Å². The van der Waals surface area contributed by atoms with Crippen molar-refractivity contribution in [2.45, 2.75) is 11.3 Å². The fourth-order valence-corrected chi connectivity index (χ4v) is 4.80. The highest BCUT2D eigenvalue weighted by Crippen LogP contribution is 2.35. The summed E-state index contributed by atoms with van der Waals surface area (Å²) in [6.07, 6.45) is 5.99. The number of nitrogens with zero attached hydrogens (tertiary/aromatic N) is 3. The van der Waals surface area contributed by atoms with Crippen LogP contribution < -0.4 is 18.9 Å². The van der Waals surface area contributed by atoms with Crippen LogP contribution in [0.15, 0.2) is 90.2 Å². The first-order valence-corrected chi connectivity index (χ1v) is 12.5. The van der Waals surface area contributed by atoms with Crippen LogP contribution in [0.1, 0.15) is 11.1 Å². The zero-order chi connectivity index (χ0) is 25.6. The van der Waals surface area contributed by atoms with Gasteiger partial charge >= 0.3 is 0 Å². The van der Waals surface area contributed by atoms with Crippen LogP contribution in [0.5, 0.6) is 17.2 Å².